The van der Waals surface area contributed by atoms with Gasteiger partial charge in [0.15, 0.2) is 0 Å². The third kappa shape index (κ3) is 5.27. The van der Waals surface area contributed by atoms with Gasteiger partial charge in [-0.15, -0.1) is 0 Å². The van der Waals surface area contributed by atoms with E-state index in [0.29, 0.717) is 0 Å². The van der Waals surface area contributed by atoms with Crippen LogP contribution >= 0.6 is 0 Å². The minimum absolute atomic E-state index is 0.0595. The number of likely N-dealkylation sites (N-methyl/N-ethyl adjacent to an activating group) is 1. The highest BCUT2D eigenvalue weighted by Crippen LogP contribution is 2.20. The molecular weight excluding hydrogens is 268 g/mol. The summed E-state index contributed by atoms with van der Waals surface area (Å²) >= 11 is 0. The molecule has 1 rings (SSSR count). The van der Waals surface area contributed by atoms with E-state index in [-0.39, 0.29) is 30.8 Å². The molecule has 0 saturated carbocycles. The predicted octanol–water partition coefficient (Wildman–Crippen LogP) is 2.56. The van der Waals surface area contributed by atoms with Gasteiger partial charge in [-0.2, -0.15) is 0 Å². The molecule has 0 spiro atoms. The zero-order valence-electron chi connectivity index (χ0n) is 13.5. The van der Waals surface area contributed by atoms with Crippen LogP contribution in [0, 0.1) is 0 Å². The Kier molecular flexibility index (Phi) is 6.49. The van der Waals surface area contributed by atoms with Gasteiger partial charge < -0.3 is 20.1 Å². The SMILES string of the molecule is CC(C)Oc1cccc(C(C)NC(=O)N(C)C(C)CO)c1. The fourth-order valence-electron chi connectivity index (χ4n) is 1.82. The molecule has 5 nitrogen and oxygen atoms in total. The Balaban J connectivity index is 2.71. The number of ether oxygens (including phenoxy) is 1. The summed E-state index contributed by atoms with van der Waals surface area (Å²) in [5, 5.41) is 12.0. The summed E-state index contributed by atoms with van der Waals surface area (Å²) in [6.45, 7) is 7.60. The Morgan fingerprint density at radius 3 is 2.57 bits per heavy atom. The largest absolute Gasteiger partial charge is 0.491 e. The zero-order valence-corrected chi connectivity index (χ0v) is 13.5. The molecule has 0 radical (unpaired) electrons. The lowest BCUT2D eigenvalue weighted by Gasteiger charge is -2.26. The molecule has 118 valence electrons. The topological polar surface area (TPSA) is 61.8 Å². The van der Waals surface area contributed by atoms with Gasteiger partial charge in [-0.25, -0.2) is 4.79 Å². The molecule has 2 atom stereocenters. The number of aliphatic hydroxyl groups is 1. The summed E-state index contributed by atoms with van der Waals surface area (Å²) in [4.78, 5) is 13.6. The quantitative estimate of drug-likeness (QED) is 0.847. The third-order valence-corrected chi connectivity index (χ3v) is 3.32. The first-order valence-corrected chi connectivity index (χ1v) is 7.26. The number of hydrogen-bond acceptors (Lipinski definition) is 3. The van der Waals surface area contributed by atoms with Gasteiger partial charge in [-0.3, -0.25) is 0 Å². The van der Waals surface area contributed by atoms with Gasteiger partial charge in [0.05, 0.1) is 24.8 Å². The van der Waals surface area contributed by atoms with Crippen LogP contribution in [0.3, 0.4) is 0 Å². The smallest absolute Gasteiger partial charge is 0.317 e. The number of benzene rings is 1. The number of urea groups is 1. The second-order valence-corrected chi connectivity index (χ2v) is 5.55. The van der Waals surface area contributed by atoms with Crippen molar-refractivity contribution in [2.24, 2.45) is 0 Å². The van der Waals surface area contributed by atoms with Crippen LogP contribution in [0.25, 0.3) is 0 Å². The summed E-state index contributed by atoms with van der Waals surface area (Å²) in [6, 6.07) is 7.13. The van der Waals surface area contributed by atoms with E-state index in [4.69, 9.17) is 9.84 Å². The van der Waals surface area contributed by atoms with Crippen LogP contribution in [-0.2, 0) is 0 Å². The number of amides is 2. The van der Waals surface area contributed by atoms with Crippen molar-refractivity contribution in [2.45, 2.75) is 45.9 Å². The monoisotopic (exact) mass is 294 g/mol. The maximum Gasteiger partial charge on any atom is 0.317 e. The molecule has 0 aliphatic heterocycles. The number of nitrogens with one attached hydrogen (secondary N) is 1. The normalized spacial score (nSPS) is 13.7. The second-order valence-electron chi connectivity index (χ2n) is 5.55. The molecule has 0 aromatic heterocycles. The van der Waals surface area contributed by atoms with Gasteiger partial charge >= 0.3 is 6.03 Å². The second kappa shape index (κ2) is 7.88. The Bertz CT molecular complexity index is 463. The van der Waals surface area contributed by atoms with Crippen LogP contribution < -0.4 is 10.1 Å². The van der Waals surface area contributed by atoms with Crippen molar-refractivity contribution in [1.82, 2.24) is 10.2 Å². The van der Waals surface area contributed by atoms with Gasteiger partial charge in [0, 0.05) is 7.05 Å². The molecule has 0 aliphatic carbocycles. The van der Waals surface area contributed by atoms with E-state index in [9.17, 15) is 4.79 Å². The molecule has 5 heteroatoms. The van der Waals surface area contributed by atoms with Gasteiger partial charge in [0.1, 0.15) is 5.75 Å². The Labute approximate surface area is 126 Å². The van der Waals surface area contributed by atoms with E-state index in [2.05, 4.69) is 5.32 Å². The molecule has 1 aromatic rings. The molecular formula is C16H26N2O3. The lowest BCUT2D eigenvalue weighted by atomic mass is 10.1. The van der Waals surface area contributed by atoms with Crippen molar-refractivity contribution in [3.05, 3.63) is 29.8 Å². The minimum Gasteiger partial charge on any atom is -0.491 e. The standard InChI is InChI=1S/C16H26N2O3/c1-11(2)21-15-8-6-7-14(9-15)13(4)17-16(20)18(5)12(3)10-19/h6-9,11-13,19H,10H2,1-5H3,(H,17,20). The summed E-state index contributed by atoms with van der Waals surface area (Å²) in [5.41, 5.74) is 0.978. The summed E-state index contributed by atoms with van der Waals surface area (Å²) in [7, 11) is 1.67. The van der Waals surface area contributed by atoms with Crippen LogP contribution in [0.1, 0.15) is 39.3 Å². The van der Waals surface area contributed by atoms with Crippen LogP contribution in [0.15, 0.2) is 24.3 Å². The van der Waals surface area contributed by atoms with Crippen molar-refractivity contribution in [2.75, 3.05) is 13.7 Å². The Morgan fingerprint density at radius 1 is 1.33 bits per heavy atom. The first-order chi connectivity index (χ1) is 9.85. The van der Waals surface area contributed by atoms with E-state index in [0.717, 1.165) is 11.3 Å². The molecule has 0 fully saturated rings. The summed E-state index contributed by atoms with van der Waals surface area (Å²) in [6.07, 6.45) is 0.113. The van der Waals surface area contributed by atoms with Gasteiger partial charge in [0.2, 0.25) is 0 Å². The van der Waals surface area contributed by atoms with Gasteiger partial charge in [-0.05, 0) is 45.4 Å². The molecule has 2 amide bonds. The highest BCUT2D eigenvalue weighted by atomic mass is 16.5. The van der Waals surface area contributed by atoms with Crippen LogP contribution in [0.5, 0.6) is 5.75 Å². The fraction of sp³-hybridized carbons (Fsp3) is 0.562. The maximum absolute atomic E-state index is 12.1. The number of nitrogens with zero attached hydrogens (tertiary/aromatic N) is 1. The van der Waals surface area contributed by atoms with E-state index in [1.807, 2.05) is 45.0 Å². The summed E-state index contributed by atoms with van der Waals surface area (Å²) in [5.74, 6) is 0.792. The van der Waals surface area contributed by atoms with E-state index >= 15 is 0 Å². The number of rotatable bonds is 6. The molecule has 0 bridgehead atoms. The highest BCUT2D eigenvalue weighted by molar-refractivity contribution is 5.74. The van der Waals surface area contributed by atoms with Crippen molar-refractivity contribution < 1.29 is 14.6 Å². The molecule has 0 heterocycles. The number of carbonyl (C=O) groups excluding carboxylic acids is 1. The Hall–Kier alpha value is -1.75. The molecule has 0 saturated heterocycles. The van der Waals surface area contributed by atoms with Crippen molar-refractivity contribution >= 4 is 6.03 Å². The zero-order chi connectivity index (χ0) is 16.0. The number of carbonyl (C=O) groups is 1. The fourth-order valence-corrected chi connectivity index (χ4v) is 1.82. The average molecular weight is 294 g/mol. The minimum atomic E-state index is -0.215. The van der Waals surface area contributed by atoms with Crippen LogP contribution in [0.2, 0.25) is 0 Å². The van der Waals surface area contributed by atoms with E-state index in [1.165, 1.54) is 4.90 Å². The van der Waals surface area contributed by atoms with E-state index < -0.39 is 0 Å². The van der Waals surface area contributed by atoms with Gasteiger partial charge in [-0.1, -0.05) is 12.1 Å². The third-order valence-electron chi connectivity index (χ3n) is 3.32. The van der Waals surface area contributed by atoms with Crippen LogP contribution in [0.4, 0.5) is 4.79 Å². The Morgan fingerprint density at radius 2 is 2.00 bits per heavy atom. The molecule has 0 aliphatic rings. The lowest BCUT2D eigenvalue weighted by molar-refractivity contribution is 0.155. The van der Waals surface area contributed by atoms with Crippen molar-refractivity contribution in [1.29, 1.82) is 0 Å². The highest BCUT2D eigenvalue weighted by Gasteiger charge is 2.17. The first kappa shape index (κ1) is 17.3. The lowest BCUT2D eigenvalue weighted by Crippen LogP contribution is -2.44. The molecule has 2 N–H and O–H groups in total. The van der Waals surface area contributed by atoms with Crippen molar-refractivity contribution in [3.8, 4) is 5.75 Å². The maximum atomic E-state index is 12.1. The predicted molar refractivity (Wildman–Crippen MR) is 83.5 cm³/mol. The van der Waals surface area contributed by atoms with Crippen molar-refractivity contribution in [3.63, 3.8) is 0 Å². The number of aliphatic hydroxyl groups excluding tert-OH is 1. The summed E-state index contributed by atoms with van der Waals surface area (Å²) < 4.78 is 5.66. The first-order valence-electron chi connectivity index (χ1n) is 7.26. The molecule has 2 unspecified atom stereocenters. The molecule has 21 heavy (non-hydrogen) atoms. The van der Waals surface area contributed by atoms with E-state index in [1.54, 1.807) is 14.0 Å². The number of hydrogen-bond donors (Lipinski definition) is 2. The average Bonchev–Trinajstić information content (AvgIpc) is 2.45. The van der Waals surface area contributed by atoms with Gasteiger partial charge in [0.25, 0.3) is 0 Å². The molecule has 1 aromatic carbocycles. The van der Waals surface area contributed by atoms with Crippen LogP contribution in [-0.4, -0.2) is 41.8 Å².